The maximum Gasteiger partial charge on any atom is 0.239 e. The Morgan fingerprint density at radius 1 is 1.37 bits per heavy atom. The van der Waals surface area contributed by atoms with Crippen LogP contribution in [0, 0.1) is 18.8 Å². The molecule has 0 fully saturated rings. The Morgan fingerprint density at radius 2 is 2.05 bits per heavy atom. The highest BCUT2D eigenvalue weighted by Crippen LogP contribution is 2.14. The first kappa shape index (κ1) is 15.2. The largest absolute Gasteiger partial charge is 0.384 e. The first-order valence-corrected chi connectivity index (χ1v) is 7.55. The van der Waals surface area contributed by atoms with Gasteiger partial charge in [0.15, 0.2) is 9.84 Å². The van der Waals surface area contributed by atoms with Gasteiger partial charge in [0.25, 0.3) is 0 Å². The van der Waals surface area contributed by atoms with Crippen molar-refractivity contribution in [3.05, 3.63) is 29.3 Å². The number of rotatable bonds is 3. The maximum atomic E-state index is 11.5. The van der Waals surface area contributed by atoms with E-state index in [1.165, 1.54) is 0 Å². The molecule has 0 atom stereocenters. The summed E-state index contributed by atoms with van der Waals surface area (Å²) >= 11 is 0. The molecule has 0 aliphatic carbocycles. The van der Waals surface area contributed by atoms with Crippen molar-refractivity contribution in [2.45, 2.75) is 6.92 Å². The molecule has 102 valence electrons. The fourth-order valence-electron chi connectivity index (χ4n) is 1.50. The van der Waals surface area contributed by atoms with Gasteiger partial charge in [-0.25, -0.2) is 8.42 Å². The molecule has 1 amide bonds. The number of hydrogen-bond acceptors (Lipinski definition) is 4. The summed E-state index contributed by atoms with van der Waals surface area (Å²) in [7, 11) is -3.35. The Bertz CT molecular complexity index is 638. The first-order valence-electron chi connectivity index (χ1n) is 5.49. The molecule has 0 unspecified atom stereocenters. The van der Waals surface area contributed by atoms with E-state index in [0.717, 1.165) is 11.8 Å². The summed E-state index contributed by atoms with van der Waals surface area (Å²) in [5, 5.41) is 11.1. The molecule has 1 aromatic carbocycles. The standard InChI is InChI=1S/C13H15NO4S/c1-10-6-11(4-3-5-15)8-12(7-10)14-13(16)9-19(2,17)18/h6-8,15H,5,9H2,1-2H3,(H,14,16). The van der Waals surface area contributed by atoms with Crippen LogP contribution in [-0.2, 0) is 14.6 Å². The molecule has 0 aliphatic rings. The second kappa shape index (κ2) is 6.36. The molecule has 19 heavy (non-hydrogen) atoms. The lowest BCUT2D eigenvalue weighted by molar-refractivity contribution is -0.113. The van der Waals surface area contributed by atoms with Crippen LogP contribution >= 0.6 is 0 Å². The predicted molar refractivity (Wildman–Crippen MR) is 73.5 cm³/mol. The van der Waals surface area contributed by atoms with E-state index in [0.29, 0.717) is 11.3 Å². The molecular weight excluding hydrogens is 266 g/mol. The van der Waals surface area contributed by atoms with Crippen LogP contribution in [0.15, 0.2) is 18.2 Å². The minimum atomic E-state index is -3.35. The second-order valence-electron chi connectivity index (χ2n) is 4.17. The molecular formula is C13H15NO4S. The summed E-state index contributed by atoms with van der Waals surface area (Å²) in [4.78, 5) is 11.5. The van der Waals surface area contributed by atoms with Crippen molar-refractivity contribution in [3.8, 4) is 11.8 Å². The molecule has 0 radical (unpaired) electrons. The molecule has 0 saturated heterocycles. The van der Waals surface area contributed by atoms with Gasteiger partial charge in [0, 0.05) is 17.5 Å². The summed E-state index contributed by atoms with van der Waals surface area (Å²) in [5.41, 5.74) is 2.00. The highest BCUT2D eigenvalue weighted by molar-refractivity contribution is 7.91. The highest BCUT2D eigenvalue weighted by Gasteiger charge is 2.11. The van der Waals surface area contributed by atoms with Gasteiger partial charge in [0.05, 0.1) is 0 Å². The lowest BCUT2D eigenvalue weighted by atomic mass is 10.1. The maximum absolute atomic E-state index is 11.5. The van der Waals surface area contributed by atoms with E-state index in [1.54, 1.807) is 18.2 Å². The second-order valence-corrected chi connectivity index (χ2v) is 6.31. The number of carbonyl (C=O) groups excluding carboxylic acids is 1. The van der Waals surface area contributed by atoms with Crippen LogP contribution in [0.5, 0.6) is 0 Å². The molecule has 0 heterocycles. The summed E-state index contributed by atoms with van der Waals surface area (Å²) in [6, 6.07) is 5.13. The van der Waals surface area contributed by atoms with Crippen LogP contribution in [0.1, 0.15) is 11.1 Å². The Morgan fingerprint density at radius 3 is 2.63 bits per heavy atom. The molecule has 2 N–H and O–H groups in total. The van der Waals surface area contributed by atoms with Gasteiger partial charge >= 0.3 is 0 Å². The van der Waals surface area contributed by atoms with E-state index in [4.69, 9.17) is 5.11 Å². The summed E-state index contributed by atoms with van der Waals surface area (Å²) < 4.78 is 22.0. The van der Waals surface area contributed by atoms with Crippen LogP contribution < -0.4 is 5.32 Å². The number of aliphatic hydroxyl groups is 1. The van der Waals surface area contributed by atoms with Crippen LogP contribution in [0.25, 0.3) is 0 Å². The SMILES string of the molecule is Cc1cc(C#CCO)cc(NC(=O)CS(C)(=O)=O)c1. The van der Waals surface area contributed by atoms with Crippen LogP contribution in [-0.4, -0.2) is 38.0 Å². The van der Waals surface area contributed by atoms with Crippen molar-refractivity contribution in [1.29, 1.82) is 0 Å². The molecule has 0 spiro atoms. The smallest absolute Gasteiger partial charge is 0.239 e. The van der Waals surface area contributed by atoms with E-state index in [-0.39, 0.29) is 6.61 Å². The number of carbonyl (C=O) groups is 1. The fourth-order valence-corrected chi connectivity index (χ4v) is 2.05. The highest BCUT2D eigenvalue weighted by atomic mass is 32.2. The van der Waals surface area contributed by atoms with E-state index >= 15 is 0 Å². The zero-order chi connectivity index (χ0) is 14.5. The van der Waals surface area contributed by atoms with Gasteiger partial charge in [0.2, 0.25) is 5.91 Å². The Labute approximate surface area is 112 Å². The first-order chi connectivity index (χ1) is 8.80. The molecule has 5 nitrogen and oxygen atoms in total. The minimum Gasteiger partial charge on any atom is -0.384 e. The Kier molecular flexibility index (Phi) is 5.10. The van der Waals surface area contributed by atoms with Gasteiger partial charge in [-0.3, -0.25) is 4.79 Å². The van der Waals surface area contributed by atoms with E-state index in [2.05, 4.69) is 17.2 Å². The normalized spacial score (nSPS) is 10.5. The Hall–Kier alpha value is -1.84. The van der Waals surface area contributed by atoms with E-state index < -0.39 is 21.5 Å². The molecule has 0 aromatic heterocycles. The van der Waals surface area contributed by atoms with Gasteiger partial charge < -0.3 is 10.4 Å². The monoisotopic (exact) mass is 281 g/mol. The molecule has 1 rings (SSSR count). The van der Waals surface area contributed by atoms with Crippen molar-refractivity contribution in [1.82, 2.24) is 0 Å². The number of sulfone groups is 1. The molecule has 0 aliphatic heterocycles. The summed E-state index contributed by atoms with van der Waals surface area (Å²) in [5.74, 6) is 4.09. The van der Waals surface area contributed by atoms with Crippen molar-refractivity contribution in [3.63, 3.8) is 0 Å². The molecule has 6 heteroatoms. The topological polar surface area (TPSA) is 83.5 Å². The quantitative estimate of drug-likeness (QED) is 0.782. The van der Waals surface area contributed by atoms with Crippen molar-refractivity contribution < 1.29 is 18.3 Å². The molecule has 1 aromatic rings. The lowest BCUT2D eigenvalue weighted by Gasteiger charge is -2.06. The third-order valence-corrected chi connectivity index (χ3v) is 2.85. The Balaban J connectivity index is 2.90. The number of anilines is 1. The van der Waals surface area contributed by atoms with Crippen molar-refractivity contribution in [2.75, 3.05) is 23.9 Å². The third-order valence-electron chi connectivity index (χ3n) is 2.07. The van der Waals surface area contributed by atoms with Gasteiger partial charge in [0.1, 0.15) is 12.4 Å². The molecule has 0 saturated carbocycles. The van der Waals surface area contributed by atoms with E-state index in [1.807, 2.05) is 6.92 Å². The van der Waals surface area contributed by atoms with Gasteiger partial charge in [-0.1, -0.05) is 11.8 Å². The zero-order valence-corrected chi connectivity index (χ0v) is 11.5. The number of aliphatic hydroxyl groups excluding tert-OH is 1. The van der Waals surface area contributed by atoms with Gasteiger partial charge in [-0.15, -0.1) is 0 Å². The lowest BCUT2D eigenvalue weighted by Crippen LogP contribution is -2.21. The van der Waals surface area contributed by atoms with Crippen molar-refractivity contribution >= 4 is 21.4 Å². The molecule has 0 bridgehead atoms. The minimum absolute atomic E-state index is 0.246. The van der Waals surface area contributed by atoms with Crippen molar-refractivity contribution in [2.24, 2.45) is 0 Å². The number of hydrogen-bond donors (Lipinski definition) is 2. The number of benzene rings is 1. The predicted octanol–water partition coefficient (Wildman–Crippen LogP) is 0.322. The fraction of sp³-hybridized carbons (Fsp3) is 0.308. The van der Waals surface area contributed by atoms with Crippen LogP contribution in [0.3, 0.4) is 0 Å². The number of amides is 1. The van der Waals surface area contributed by atoms with Crippen LogP contribution in [0.4, 0.5) is 5.69 Å². The number of aryl methyl sites for hydroxylation is 1. The third kappa shape index (κ3) is 6.04. The van der Waals surface area contributed by atoms with Crippen LogP contribution in [0.2, 0.25) is 0 Å². The average molecular weight is 281 g/mol. The summed E-state index contributed by atoms with van der Waals surface area (Å²) in [6.45, 7) is 1.58. The summed E-state index contributed by atoms with van der Waals surface area (Å²) in [6.07, 6.45) is 1.00. The van der Waals surface area contributed by atoms with E-state index in [9.17, 15) is 13.2 Å². The average Bonchev–Trinajstić information content (AvgIpc) is 2.22. The number of nitrogens with one attached hydrogen (secondary N) is 1. The zero-order valence-electron chi connectivity index (χ0n) is 10.7. The van der Waals surface area contributed by atoms with Gasteiger partial charge in [-0.2, -0.15) is 0 Å². The van der Waals surface area contributed by atoms with Gasteiger partial charge in [-0.05, 0) is 30.7 Å².